The lowest BCUT2D eigenvalue weighted by Crippen LogP contribution is -1.80. The minimum absolute atomic E-state index is 1.23. The molecule has 0 spiro atoms. The summed E-state index contributed by atoms with van der Waals surface area (Å²) >= 11 is 0. The van der Waals surface area contributed by atoms with Crippen LogP contribution in [0.4, 0.5) is 0 Å². The molecule has 0 amide bonds. The van der Waals surface area contributed by atoms with Crippen molar-refractivity contribution >= 4 is 54.1 Å². The van der Waals surface area contributed by atoms with Gasteiger partial charge in [-0.15, -0.1) is 0 Å². The van der Waals surface area contributed by atoms with Crippen LogP contribution in [-0.2, 0) is 0 Å². The maximum absolute atomic E-state index is 3.76. The number of rotatable bonds is 0. The van der Waals surface area contributed by atoms with Gasteiger partial charge in [-0.2, -0.15) is 0 Å². The molecule has 0 unspecified atom stereocenters. The molecule has 1 heteroatoms. The molecule has 0 saturated heterocycles. The van der Waals surface area contributed by atoms with Gasteiger partial charge in [-0.05, 0) is 21.5 Å². The van der Waals surface area contributed by atoms with Gasteiger partial charge in [-0.1, -0.05) is 84.9 Å². The third-order valence-electron chi connectivity index (χ3n) is 5.38. The quantitative estimate of drug-likeness (QED) is 0.297. The van der Waals surface area contributed by atoms with Crippen molar-refractivity contribution in [2.24, 2.45) is 0 Å². The van der Waals surface area contributed by atoms with Crippen molar-refractivity contribution in [2.75, 3.05) is 0 Å². The van der Waals surface area contributed by atoms with E-state index in [9.17, 15) is 0 Å². The normalized spacial score (nSPS) is 12.0. The molecule has 1 aromatic heterocycles. The van der Waals surface area contributed by atoms with Crippen LogP contribution in [0.1, 0.15) is 0 Å². The van der Waals surface area contributed by atoms with Gasteiger partial charge in [0.1, 0.15) is 0 Å². The molecule has 1 heterocycles. The Morgan fingerprint density at radius 1 is 0.400 bits per heavy atom. The largest absolute Gasteiger partial charge is 0.353 e. The van der Waals surface area contributed by atoms with Gasteiger partial charge in [0.05, 0.1) is 11.0 Å². The van der Waals surface area contributed by atoms with Gasteiger partial charge in [-0.25, -0.2) is 0 Å². The van der Waals surface area contributed by atoms with E-state index in [1.54, 1.807) is 0 Å². The molecule has 1 nitrogen and oxygen atoms in total. The Labute approximate surface area is 144 Å². The summed E-state index contributed by atoms with van der Waals surface area (Å²) in [6, 6.07) is 30.5. The minimum Gasteiger partial charge on any atom is -0.353 e. The highest BCUT2D eigenvalue weighted by molar-refractivity contribution is 6.33. The van der Waals surface area contributed by atoms with Crippen molar-refractivity contribution in [3.8, 4) is 0 Å². The second-order valence-corrected chi connectivity index (χ2v) is 6.68. The first kappa shape index (κ1) is 13.0. The SMILES string of the molecule is c1ccc2c(c1)ccc1c2[nH]c2c3ccccc3c3ccccc3c12. The molecule has 1 N–H and O–H groups in total. The Bertz CT molecular complexity index is 1440. The molecule has 6 rings (SSSR count). The molecule has 0 fully saturated rings. The lowest BCUT2D eigenvalue weighted by atomic mass is 9.96. The Morgan fingerprint density at radius 2 is 1.00 bits per heavy atom. The fourth-order valence-electron chi connectivity index (χ4n) is 4.29. The van der Waals surface area contributed by atoms with Crippen molar-refractivity contribution in [1.82, 2.24) is 4.98 Å². The molecular weight excluding hydrogens is 302 g/mol. The molecule has 0 radical (unpaired) electrons. The van der Waals surface area contributed by atoms with E-state index in [2.05, 4.69) is 89.9 Å². The molecule has 116 valence electrons. The summed E-state index contributed by atoms with van der Waals surface area (Å²) in [5.41, 5.74) is 2.47. The molecule has 0 atom stereocenters. The first-order valence-electron chi connectivity index (χ1n) is 8.64. The van der Waals surface area contributed by atoms with Gasteiger partial charge >= 0.3 is 0 Å². The maximum Gasteiger partial charge on any atom is 0.0551 e. The predicted octanol–water partition coefficient (Wildman–Crippen LogP) is 6.78. The number of nitrogens with one attached hydrogen (secondary N) is 1. The molecule has 0 aliphatic carbocycles. The smallest absolute Gasteiger partial charge is 0.0551 e. The van der Waals surface area contributed by atoms with Crippen molar-refractivity contribution < 1.29 is 0 Å². The second-order valence-electron chi connectivity index (χ2n) is 6.68. The summed E-state index contributed by atoms with van der Waals surface area (Å²) in [6.45, 7) is 0. The fraction of sp³-hybridized carbons (Fsp3) is 0. The van der Waals surface area contributed by atoms with Crippen LogP contribution in [0.5, 0.6) is 0 Å². The van der Waals surface area contributed by atoms with E-state index in [0.717, 1.165) is 0 Å². The van der Waals surface area contributed by atoms with E-state index in [4.69, 9.17) is 0 Å². The first-order chi connectivity index (χ1) is 12.4. The number of aromatic amines is 1. The highest BCUT2D eigenvalue weighted by atomic mass is 14.7. The predicted molar refractivity (Wildman–Crippen MR) is 108 cm³/mol. The fourth-order valence-corrected chi connectivity index (χ4v) is 4.29. The molecule has 0 bridgehead atoms. The van der Waals surface area contributed by atoms with Gasteiger partial charge < -0.3 is 4.98 Å². The molecule has 5 aromatic carbocycles. The highest BCUT2D eigenvalue weighted by Crippen LogP contribution is 2.40. The van der Waals surface area contributed by atoms with Crippen molar-refractivity contribution in [3.63, 3.8) is 0 Å². The average Bonchev–Trinajstić information content (AvgIpc) is 3.09. The number of benzene rings is 5. The van der Waals surface area contributed by atoms with Crippen LogP contribution in [0.15, 0.2) is 84.9 Å². The van der Waals surface area contributed by atoms with Crippen LogP contribution in [0, 0.1) is 0 Å². The lowest BCUT2D eigenvalue weighted by Gasteiger charge is -2.07. The Balaban J connectivity index is 2.01. The zero-order valence-corrected chi connectivity index (χ0v) is 13.6. The van der Waals surface area contributed by atoms with Crippen molar-refractivity contribution in [2.45, 2.75) is 0 Å². The number of aromatic nitrogens is 1. The first-order valence-corrected chi connectivity index (χ1v) is 8.64. The molecule has 25 heavy (non-hydrogen) atoms. The van der Waals surface area contributed by atoms with Gasteiger partial charge in [-0.3, -0.25) is 0 Å². The third-order valence-corrected chi connectivity index (χ3v) is 5.38. The highest BCUT2D eigenvalue weighted by Gasteiger charge is 2.14. The average molecular weight is 317 g/mol. The minimum atomic E-state index is 1.23. The number of fused-ring (bicyclic) bond motifs is 10. The van der Waals surface area contributed by atoms with E-state index in [0.29, 0.717) is 0 Å². The van der Waals surface area contributed by atoms with Crippen LogP contribution in [-0.4, -0.2) is 4.98 Å². The monoisotopic (exact) mass is 317 g/mol. The standard InChI is InChI=1S/C24H15N/c1-2-8-16-15(7-1)13-14-21-22-19-11-5-3-9-17(19)18-10-4-6-12-20(18)24(22)25-23(16)21/h1-14,25H. The van der Waals surface area contributed by atoms with Crippen LogP contribution < -0.4 is 0 Å². The summed E-state index contributed by atoms with van der Waals surface area (Å²) in [4.78, 5) is 3.76. The van der Waals surface area contributed by atoms with E-state index < -0.39 is 0 Å². The number of hydrogen-bond donors (Lipinski definition) is 1. The molecule has 6 aromatic rings. The Hall–Kier alpha value is -3.32. The van der Waals surface area contributed by atoms with E-state index in [-0.39, 0.29) is 0 Å². The number of H-pyrrole nitrogens is 1. The summed E-state index contributed by atoms with van der Waals surface area (Å²) in [6.07, 6.45) is 0. The van der Waals surface area contributed by atoms with Crippen molar-refractivity contribution in [3.05, 3.63) is 84.9 Å². The van der Waals surface area contributed by atoms with Gasteiger partial charge in [0.2, 0.25) is 0 Å². The molecule has 0 aliphatic rings. The summed E-state index contributed by atoms with van der Waals surface area (Å²) in [5.74, 6) is 0. The topological polar surface area (TPSA) is 15.8 Å². The molecule has 0 aliphatic heterocycles. The summed E-state index contributed by atoms with van der Waals surface area (Å²) in [5, 5.41) is 10.4. The zero-order valence-electron chi connectivity index (χ0n) is 13.6. The zero-order chi connectivity index (χ0) is 16.4. The van der Waals surface area contributed by atoms with Gasteiger partial charge in [0, 0.05) is 21.5 Å². The van der Waals surface area contributed by atoms with E-state index in [1.807, 2.05) is 0 Å². The van der Waals surface area contributed by atoms with E-state index >= 15 is 0 Å². The van der Waals surface area contributed by atoms with Crippen LogP contribution in [0.3, 0.4) is 0 Å². The third kappa shape index (κ3) is 1.62. The van der Waals surface area contributed by atoms with Crippen molar-refractivity contribution in [1.29, 1.82) is 0 Å². The lowest BCUT2D eigenvalue weighted by molar-refractivity contribution is 1.58. The Kier molecular flexibility index (Phi) is 2.40. The van der Waals surface area contributed by atoms with Gasteiger partial charge in [0.25, 0.3) is 0 Å². The van der Waals surface area contributed by atoms with Crippen LogP contribution in [0.2, 0.25) is 0 Å². The number of hydrogen-bond acceptors (Lipinski definition) is 0. The molecular formula is C24H15N. The van der Waals surface area contributed by atoms with Crippen LogP contribution in [0.25, 0.3) is 54.1 Å². The van der Waals surface area contributed by atoms with E-state index in [1.165, 1.54) is 54.1 Å². The maximum atomic E-state index is 3.76. The summed E-state index contributed by atoms with van der Waals surface area (Å²) < 4.78 is 0. The molecule has 0 saturated carbocycles. The van der Waals surface area contributed by atoms with Crippen LogP contribution >= 0.6 is 0 Å². The second kappa shape index (κ2) is 4.61. The Morgan fingerprint density at radius 3 is 1.80 bits per heavy atom. The van der Waals surface area contributed by atoms with Gasteiger partial charge in [0.15, 0.2) is 0 Å². The summed E-state index contributed by atoms with van der Waals surface area (Å²) in [7, 11) is 0.